The zero-order valence-electron chi connectivity index (χ0n) is 25.6. The molecule has 2 aliphatic carbocycles. The maximum absolute atomic E-state index is 16.4. The van der Waals surface area contributed by atoms with Crippen LogP contribution < -0.4 is 26.6 Å². The summed E-state index contributed by atoms with van der Waals surface area (Å²) in [6, 6.07) is 8.46. The fraction of sp³-hybridized carbons (Fsp3) is 0.581. The number of carbonyl (C=O) groups is 2. The van der Waals surface area contributed by atoms with Crippen molar-refractivity contribution >= 4 is 44.9 Å². The molecule has 0 spiro atoms. The van der Waals surface area contributed by atoms with Crippen LogP contribution in [0.1, 0.15) is 50.5 Å². The molecule has 46 heavy (non-hydrogen) atoms. The van der Waals surface area contributed by atoms with Crippen LogP contribution in [0.2, 0.25) is 5.15 Å². The summed E-state index contributed by atoms with van der Waals surface area (Å²) in [5, 5.41) is 2.82. The molecule has 250 valence electrons. The van der Waals surface area contributed by atoms with E-state index in [0.29, 0.717) is 44.6 Å². The molecule has 0 radical (unpaired) electrons. The third-order valence-corrected chi connectivity index (χ3v) is 12.4. The number of hydrogen-bond acceptors (Lipinski definition) is 8. The number of amides is 2. The molecular formula is C31H40ClF2N7O4S. The van der Waals surface area contributed by atoms with E-state index >= 15 is 8.78 Å². The van der Waals surface area contributed by atoms with Gasteiger partial charge in [-0.05, 0) is 81.5 Å². The number of nitrogens with zero attached hydrogens (tertiary/aromatic N) is 4. The second-order valence-electron chi connectivity index (χ2n) is 13.1. The van der Waals surface area contributed by atoms with Gasteiger partial charge in [0, 0.05) is 73.8 Å². The molecule has 5 N–H and O–H groups in total. The summed E-state index contributed by atoms with van der Waals surface area (Å²) in [5.41, 5.74) is 9.62. The molecule has 1 atom stereocenters. The molecule has 6 rings (SSSR count). The lowest BCUT2D eigenvalue weighted by atomic mass is 9.75. The van der Waals surface area contributed by atoms with E-state index in [-0.39, 0.29) is 91.1 Å². The van der Waals surface area contributed by atoms with Crippen LogP contribution in [0, 0.1) is 10.8 Å². The summed E-state index contributed by atoms with van der Waals surface area (Å²) >= 11 is 6.30. The molecule has 2 aliphatic heterocycles. The largest absolute Gasteiger partial charge is 0.356 e. The van der Waals surface area contributed by atoms with Gasteiger partial charge in [-0.15, -0.1) is 0 Å². The number of nitrogens with one attached hydrogen (secondary N) is 1. The van der Waals surface area contributed by atoms with Crippen LogP contribution in [0.4, 0.5) is 20.3 Å². The van der Waals surface area contributed by atoms with Crippen molar-refractivity contribution in [3.63, 3.8) is 0 Å². The number of piperazine rings is 1. The van der Waals surface area contributed by atoms with Gasteiger partial charge in [0.1, 0.15) is 11.0 Å². The number of anilines is 2. The Labute approximate surface area is 272 Å². The third-order valence-electron chi connectivity index (χ3n) is 10.3. The normalized spacial score (nSPS) is 27.1. The second-order valence-corrected chi connectivity index (χ2v) is 15.4. The third kappa shape index (κ3) is 5.76. The summed E-state index contributed by atoms with van der Waals surface area (Å²) in [4.78, 5) is 32.9. The highest BCUT2D eigenvalue weighted by Gasteiger charge is 2.67. The Balaban J connectivity index is 1.13. The first-order chi connectivity index (χ1) is 21.8. The summed E-state index contributed by atoms with van der Waals surface area (Å²) < 4.78 is 61.0. The predicted octanol–water partition coefficient (Wildman–Crippen LogP) is 2.82. The average Bonchev–Trinajstić information content (AvgIpc) is 3.74. The van der Waals surface area contributed by atoms with Crippen LogP contribution in [-0.4, -0.2) is 81.4 Å². The molecule has 2 aromatic rings. The van der Waals surface area contributed by atoms with Gasteiger partial charge in [0.25, 0.3) is 5.92 Å². The van der Waals surface area contributed by atoms with Crippen molar-refractivity contribution in [1.29, 1.82) is 0 Å². The van der Waals surface area contributed by atoms with Crippen LogP contribution in [0.25, 0.3) is 0 Å². The van der Waals surface area contributed by atoms with Gasteiger partial charge in [-0.2, -0.15) is 4.31 Å². The van der Waals surface area contributed by atoms with Crippen LogP contribution >= 0.6 is 11.6 Å². The standard InChI is InChI=1S/C31H40ClF2N7O4S/c32-25-16-21(31(33,34)30-8-6-29(20-30,7-9-30)28(43)37-11-1-10-35)17-26(38-25)39-12-14-40(15-13-39)46(44,45)24-4-2-23(3-5-24)41-19-22(36)18-27(41)42/h2-5,16-17,22H,1,6-15,18-20,35-36H2,(H,37,43)/t22-,29?,30?/m1/s1. The van der Waals surface area contributed by atoms with Gasteiger partial charge in [0.15, 0.2) is 0 Å². The number of fused-ring (bicyclic) bond motifs is 2. The quantitative estimate of drug-likeness (QED) is 0.256. The number of alkyl halides is 2. The first kappa shape index (κ1) is 33.0. The topological polar surface area (TPSA) is 155 Å². The number of carbonyl (C=O) groups excluding carboxylic acids is 2. The highest BCUT2D eigenvalue weighted by atomic mass is 35.5. The molecule has 2 bridgehead atoms. The van der Waals surface area contributed by atoms with Crippen molar-refractivity contribution in [2.45, 2.75) is 61.8 Å². The molecule has 2 saturated heterocycles. The number of pyridine rings is 1. The van der Waals surface area contributed by atoms with E-state index in [1.54, 1.807) is 21.9 Å². The van der Waals surface area contributed by atoms with Crippen molar-refractivity contribution in [2.24, 2.45) is 22.3 Å². The first-order valence-electron chi connectivity index (χ1n) is 15.8. The van der Waals surface area contributed by atoms with Gasteiger partial charge >= 0.3 is 0 Å². The van der Waals surface area contributed by atoms with E-state index < -0.39 is 26.8 Å². The van der Waals surface area contributed by atoms with E-state index in [1.165, 1.54) is 28.6 Å². The van der Waals surface area contributed by atoms with Crippen LogP contribution in [0.5, 0.6) is 0 Å². The summed E-state index contributed by atoms with van der Waals surface area (Å²) in [7, 11) is -3.84. The minimum atomic E-state index is -3.84. The van der Waals surface area contributed by atoms with Crippen molar-refractivity contribution in [3.05, 3.63) is 47.1 Å². The Bertz CT molecular complexity index is 1590. The summed E-state index contributed by atoms with van der Waals surface area (Å²) in [6.07, 6.45) is 2.28. The molecule has 11 nitrogen and oxygen atoms in total. The maximum atomic E-state index is 16.4. The van der Waals surface area contributed by atoms with E-state index in [9.17, 15) is 18.0 Å². The SMILES string of the molecule is NCCCNC(=O)C12CCC(C(F)(F)c3cc(Cl)nc(N4CCN(S(=O)(=O)c5ccc(N6C[C@H](N)CC6=O)cc5)CC4)c3)(CC1)C2. The Morgan fingerprint density at radius 3 is 2.37 bits per heavy atom. The van der Waals surface area contributed by atoms with Crippen LogP contribution in [0.3, 0.4) is 0 Å². The minimum absolute atomic E-state index is 0.0714. The fourth-order valence-electron chi connectivity index (χ4n) is 7.65. The molecule has 2 saturated carbocycles. The van der Waals surface area contributed by atoms with Crippen molar-refractivity contribution in [1.82, 2.24) is 14.6 Å². The summed E-state index contributed by atoms with van der Waals surface area (Å²) in [6.45, 7) is 1.95. The van der Waals surface area contributed by atoms with E-state index in [0.717, 1.165) is 0 Å². The van der Waals surface area contributed by atoms with E-state index in [2.05, 4.69) is 10.3 Å². The Kier molecular flexibility index (Phi) is 8.81. The average molecular weight is 680 g/mol. The Morgan fingerprint density at radius 2 is 1.76 bits per heavy atom. The van der Waals surface area contributed by atoms with Gasteiger partial charge in [0.2, 0.25) is 21.8 Å². The number of nitrogens with two attached hydrogens (primary N) is 2. The van der Waals surface area contributed by atoms with E-state index in [4.69, 9.17) is 23.1 Å². The maximum Gasteiger partial charge on any atom is 0.279 e. The highest BCUT2D eigenvalue weighted by Crippen LogP contribution is 2.69. The Morgan fingerprint density at radius 1 is 1.09 bits per heavy atom. The lowest BCUT2D eigenvalue weighted by Crippen LogP contribution is -2.49. The number of aromatic nitrogens is 1. The zero-order valence-corrected chi connectivity index (χ0v) is 27.1. The smallest absolute Gasteiger partial charge is 0.279 e. The van der Waals surface area contributed by atoms with Gasteiger partial charge < -0.3 is 26.6 Å². The molecular weight excluding hydrogens is 640 g/mol. The van der Waals surface area contributed by atoms with Crippen LogP contribution in [-0.2, 0) is 25.5 Å². The lowest BCUT2D eigenvalue weighted by molar-refractivity contribution is -0.131. The number of rotatable bonds is 10. The lowest BCUT2D eigenvalue weighted by Gasteiger charge is -2.37. The van der Waals surface area contributed by atoms with Crippen molar-refractivity contribution in [2.75, 3.05) is 55.6 Å². The van der Waals surface area contributed by atoms with Crippen molar-refractivity contribution < 1.29 is 26.8 Å². The molecule has 15 heteroatoms. The number of hydrogen-bond donors (Lipinski definition) is 3. The van der Waals surface area contributed by atoms with Gasteiger partial charge in [-0.1, -0.05) is 11.6 Å². The predicted molar refractivity (Wildman–Crippen MR) is 170 cm³/mol. The summed E-state index contributed by atoms with van der Waals surface area (Å²) in [5.74, 6) is -3.25. The Hall–Kier alpha value is -2.91. The number of sulfonamides is 1. The van der Waals surface area contributed by atoms with Crippen molar-refractivity contribution in [3.8, 4) is 0 Å². The van der Waals surface area contributed by atoms with Gasteiger partial charge in [-0.3, -0.25) is 9.59 Å². The molecule has 1 aromatic carbocycles. The highest BCUT2D eigenvalue weighted by molar-refractivity contribution is 7.89. The fourth-order valence-corrected chi connectivity index (χ4v) is 9.28. The number of halogens is 3. The molecule has 2 amide bonds. The monoisotopic (exact) mass is 679 g/mol. The molecule has 0 unspecified atom stereocenters. The number of benzene rings is 1. The van der Waals surface area contributed by atoms with Crippen LogP contribution in [0.15, 0.2) is 41.3 Å². The molecule has 3 heterocycles. The minimum Gasteiger partial charge on any atom is -0.356 e. The first-order valence-corrected chi connectivity index (χ1v) is 17.6. The van der Waals surface area contributed by atoms with E-state index in [1.807, 2.05) is 0 Å². The molecule has 4 fully saturated rings. The van der Waals surface area contributed by atoms with Gasteiger partial charge in [0.05, 0.1) is 4.90 Å². The molecule has 1 aromatic heterocycles. The zero-order chi connectivity index (χ0) is 32.9. The second kappa shape index (κ2) is 12.3. The van der Waals surface area contributed by atoms with Gasteiger partial charge in [-0.25, -0.2) is 22.2 Å². The molecule has 4 aliphatic rings.